The van der Waals surface area contributed by atoms with Crippen molar-refractivity contribution in [2.24, 2.45) is 0 Å². The zero-order valence-electron chi connectivity index (χ0n) is 28.4. The molecular formula is C50H33NS. The maximum absolute atomic E-state index is 2.39. The van der Waals surface area contributed by atoms with E-state index in [2.05, 4.69) is 205 Å². The summed E-state index contributed by atoms with van der Waals surface area (Å²) in [7, 11) is 0. The van der Waals surface area contributed by atoms with E-state index in [0.717, 1.165) is 17.1 Å². The molecule has 0 atom stereocenters. The number of benzene rings is 9. The number of thiophene rings is 1. The van der Waals surface area contributed by atoms with Gasteiger partial charge in [0.25, 0.3) is 0 Å². The molecule has 0 N–H and O–H groups in total. The molecule has 0 saturated heterocycles. The number of hydrogen-bond donors (Lipinski definition) is 0. The third-order valence-corrected chi connectivity index (χ3v) is 11.4. The van der Waals surface area contributed by atoms with Crippen molar-refractivity contribution in [1.29, 1.82) is 0 Å². The van der Waals surface area contributed by atoms with Crippen LogP contribution in [0.2, 0.25) is 0 Å². The van der Waals surface area contributed by atoms with E-state index in [1.54, 1.807) is 0 Å². The molecular weight excluding hydrogens is 647 g/mol. The van der Waals surface area contributed by atoms with Gasteiger partial charge in [-0.3, -0.25) is 0 Å². The first kappa shape index (κ1) is 30.4. The van der Waals surface area contributed by atoms with Crippen molar-refractivity contribution >= 4 is 70.1 Å². The molecule has 0 fully saturated rings. The maximum Gasteiger partial charge on any atom is 0.0462 e. The van der Waals surface area contributed by atoms with Crippen molar-refractivity contribution < 1.29 is 0 Å². The van der Waals surface area contributed by atoms with Gasteiger partial charge in [-0.25, -0.2) is 0 Å². The Morgan fingerprint density at radius 1 is 0.288 bits per heavy atom. The lowest BCUT2D eigenvalue weighted by atomic mass is 9.96. The third-order valence-electron chi connectivity index (χ3n) is 10.3. The van der Waals surface area contributed by atoms with E-state index in [0.29, 0.717) is 0 Å². The summed E-state index contributed by atoms with van der Waals surface area (Å²) in [4.78, 5) is 2.36. The Bertz CT molecular complexity index is 2860. The Morgan fingerprint density at radius 3 is 1.46 bits per heavy atom. The summed E-state index contributed by atoms with van der Waals surface area (Å²) in [6.07, 6.45) is 0. The van der Waals surface area contributed by atoms with E-state index >= 15 is 0 Å². The number of anilines is 3. The Morgan fingerprint density at radius 2 is 0.788 bits per heavy atom. The molecule has 2 heteroatoms. The fraction of sp³-hybridized carbons (Fsp3) is 0. The number of nitrogens with zero attached hydrogens (tertiary/aromatic N) is 1. The molecule has 1 nitrogen and oxygen atoms in total. The van der Waals surface area contributed by atoms with Gasteiger partial charge < -0.3 is 4.90 Å². The maximum atomic E-state index is 2.39. The second-order valence-corrected chi connectivity index (χ2v) is 14.4. The predicted octanol–water partition coefficient (Wildman–Crippen LogP) is 14.8. The minimum absolute atomic E-state index is 1.11. The van der Waals surface area contributed by atoms with Crippen LogP contribution in [0.15, 0.2) is 200 Å². The molecule has 0 unspecified atom stereocenters. The van der Waals surface area contributed by atoms with Gasteiger partial charge in [0.15, 0.2) is 0 Å². The molecule has 0 amide bonds. The van der Waals surface area contributed by atoms with Crippen LogP contribution in [0.3, 0.4) is 0 Å². The minimum Gasteiger partial charge on any atom is -0.311 e. The number of hydrogen-bond acceptors (Lipinski definition) is 2. The van der Waals surface area contributed by atoms with Crippen LogP contribution in [-0.4, -0.2) is 0 Å². The van der Waals surface area contributed by atoms with Crippen molar-refractivity contribution in [3.05, 3.63) is 200 Å². The standard InChI is InChI=1S/C50H33NS/c1-2-10-34(11-3-1)35-20-26-40(27-21-35)51(41-28-22-37(23-29-41)44-17-8-13-36-12-4-5-15-43(36)44)42-30-24-38(25-31-42)45-18-9-14-39-32-48-46-16-6-7-19-49(46)52-50(48)33-47(39)45/h1-33H. The summed E-state index contributed by atoms with van der Waals surface area (Å²) < 4.78 is 2.66. The highest BCUT2D eigenvalue weighted by Gasteiger charge is 2.15. The number of fused-ring (bicyclic) bond motifs is 5. The molecule has 10 rings (SSSR count). The molecule has 52 heavy (non-hydrogen) atoms. The van der Waals surface area contributed by atoms with E-state index in [4.69, 9.17) is 0 Å². The van der Waals surface area contributed by atoms with Crippen LogP contribution in [0.4, 0.5) is 17.1 Å². The summed E-state index contributed by atoms with van der Waals surface area (Å²) in [5.74, 6) is 0. The molecule has 0 saturated carbocycles. The highest BCUT2D eigenvalue weighted by Crippen LogP contribution is 2.41. The molecule has 1 heterocycles. The van der Waals surface area contributed by atoms with Gasteiger partial charge in [0.2, 0.25) is 0 Å². The van der Waals surface area contributed by atoms with Crippen LogP contribution < -0.4 is 4.90 Å². The number of rotatable bonds is 6. The molecule has 10 aromatic rings. The Hall–Kier alpha value is -6.48. The largest absolute Gasteiger partial charge is 0.311 e. The average molecular weight is 680 g/mol. The molecule has 0 aliphatic heterocycles. The molecule has 244 valence electrons. The van der Waals surface area contributed by atoms with E-state index < -0.39 is 0 Å². The van der Waals surface area contributed by atoms with Gasteiger partial charge in [0.1, 0.15) is 0 Å². The van der Waals surface area contributed by atoms with Gasteiger partial charge in [-0.15, -0.1) is 11.3 Å². The van der Waals surface area contributed by atoms with Crippen LogP contribution in [0.1, 0.15) is 0 Å². The second kappa shape index (κ2) is 12.7. The molecule has 1 aromatic heterocycles. The average Bonchev–Trinajstić information content (AvgIpc) is 3.58. The van der Waals surface area contributed by atoms with Gasteiger partial charge in [0.05, 0.1) is 0 Å². The first-order chi connectivity index (χ1) is 25.8. The van der Waals surface area contributed by atoms with Crippen LogP contribution >= 0.6 is 11.3 Å². The van der Waals surface area contributed by atoms with Gasteiger partial charge in [0, 0.05) is 37.2 Å². The van der Waals surface area contributed by atoms with Gasteiger partial charge in [-0.05, 0) is 110 Å². The molecule has 9 aromatic carbocycles. The first-order valence-electron chi connectivity index (χ1n) is 17.8. The normalized spacial score (nSPS) is 11.5. The topological polar surface area (TPSA) is 3.24 Å². The van der Waals surface area contributed by atoms with Crippen LogP contribution in [0.5, 0.6) is 0 Å². The van der Waals surface area contributed by atoms with Crippen molar-refractivity contribution in [2.75, 3.05) is 4.90 Å². The van der Waals surface area contributed by atoms with E-state index in [-0.39, 0.29) is 0 Å². The zero-order chi connectivity index (χ0) is 34.4. The fourth-order valence-corrected chi connectivity index (χ4v) is 8.81. The lowest BCUT2D eigenvalue weighted by Crippen LogP contribution is -2.09. The summed E-state index contributed by atoms with van der Waals surface area (Å²) in [6.45, 7) is 0. The fourth-order valence-electron chi connectivity index (χ4n) is 7.69. The molecule has 0 radical (unpaired) electrons. The Kier molecular flexibility index (Phi) is 7.41. The third kappa shape index (κ3) is 5.33. The van der Waals surface area contributed by atoms with Crippen molar-refractivity contribution in [1.82, 2.24) is 0 Å². The van der Waals surface area contributed by atoms with E-state index in [1.807, 2.05) is 11.3 Å². The summed E-state index contributed by atoms with van der Waals surface area (Å²) in [5.41, 5.74) is 10.7. The van der Waals surface area contributed by atoms with E-state index in [9.17, 15) is 0 Å². The van der Waals surface area contributed by atoms with Crippen molar-refractivity contribution in [3.8, 4) is 33.4 Å². The van der Waals surface area contributed by atoms with E-state index in [1.165, 1.54) is 75.1 Å². The predicted molar refractivity (Wildman–Crippen MR) is 225 cm³/mol. The van der Waals surface area contributed by atoms with Crippen LogP contribution in [0.25, 0.3) is 75.1 Å². The molecule has 0 aliphatic rings. The summed E-state index contributed by atoms with van der Waals surface area (Å²) in [6, 6.07) is 72.9. The Labute approximate surface area is 307 Å². The quantitative estimate of drug-likeness (QED) is 0.169. The van der Waals surface area contributed by atoms with Crippen molar-refractivity contribution in [2.45, 2.75) is 0 Å². The zero-order valence-corrected chi connectivity index (χ0v) is 29.2. The lowest BCUT2D eigenvalue weighted by Gasteiger charge is -2.26. The highest BCUT2D eigenvalue weighted by atomic mass is 32.1. The monoisotopic (exact) mass is 679 g/mol. The SMILES string of the molecule is c1ccc(-c2ccc(N(c3ccc(-c4cccc5ccccc45)cc3)c3ccc(-c4cccc5cc6c(cc45)sc4ccccc46)cc3)cc2)cc1. The minimum atomic E-state index is 1.11. The van der Waals surface area contributed by atoms with Gasteiger partial charge >= 0.3 is 0 Å². The highest BCUT2D eigenvalue weighted by molar-refractivity contribution is 7.25. The van der Waals surface area contributed by atoms with Crippen LogP contribution in [-0.2, 0) is 0 Å². The lowest BCUT2D eigenvalue weighted by molar-refractivity contribution is 1.28. The van der Waals surface area contributed by atoms with Crippen molar-refractivity contribution in [3.63, 3.8) is 0 Å². The van der Waals surface area contributed by atoms with Gasteiger partial charge in [-0.2, -0.15) is 0 Å². The summed E-state index contributed by atoms with van der Waals surface area (Å²) in [5, 5.41) is 7.74. The van der Waals surface area contributed by atoms with Crippen LogP contribution in [0, 0.1) is 0 Å². The molecule has 0 bridgehead atoms. The smallest absolute Gasteiger partial charge is 0.0462 e. The summed E-state index contributed by atoms with van der Waals surface area (Å²) >= 11 is 1.87. The van der Waals surface area contributed by atoms with Gasteiger partial charge in [-0.1, -0.05) is 146 Å². The first-order valence-corrected chi connectivity index (χ1v) is 18.6. The molecule has 0 spiro atoms. The Balaban J connectivity index is 1.05. The second-order valence-electron chi connectivity index (χ2n) is 13.3. The molecule has 0 aliphatic carbocycles.